The highest BCUT2D eigenvalue weighted by molar-refractivity contribution is 7.93. The molecular formula is C22H24Cl2NO5PS. The average molecular weight is 516 g/mol. The summed E-state index contributed by atoms with van der Waals surface area (Å²) in [7, 11) is -8.01. The van der Waals surface area contributed by atoms with Crippen LogP contribution in [-0.2, 0) is 23.6 Å². The summed E-state index contributed by atoms with van der Waals surface area (Å²) < 4.78 is 52.8. The fourth-order valence-electron chi connectivity index (χ4n) is 3.37. The van der Waals surface area contributed by atoms with Crippen molar-refractivity contribution in [1.82, 2.24) is 0 Å². The summed E-state index contributed by atoms with van der Waals surface area (Å²) in [6, 6.07) is 15.3. The summed E-state index contributed by atoms with van der Waals surface area (Å²) in [5, 5.41) is 2.13. The Morgan fingerprint density at radius 1 is 0.906 bits per heavy atom. The minimum atomic E-state index is -4.23. The number of sulfonamides is 1. The first-order chi connectivity index (χ1) is 15.1. The molecule has 0 aromatic heterocycles. The van der Waals surface area contributed by atoms with Gasteiger partial charge in [0, 0.05) is 10.0 Å². The normalized spacial score (nSPS) is 12.3. The fourth-order valence-corrected chi connectivity index (χ4v) is 7.81. The highest BCUT2D eigenvalue weighted by Crippen LogP contribution is 2.50. The number of aryl methyl sites for hydroxylation is 1. The number of halogens is 2. The van der Waals surface area contributed by atoms with E-state index in [0.29, 0.717) is 11.3 Å². The van der Waals surface area contributed by atoms with Crippen molar-refractivity contribution >= 4 is 57.3 Å². The van der Waals surface area contributed by atoms with E-state index in [1.807, 2.05) is 30.3 Å². The van der Waals surface area contributed by atoms with Gasteiger partial charge in [0.05, 0.1) is 23.8 Å². The van der Waals surface area contributed by atoms with Crippen LogP contribution < -0.4 is 4.31 Å². The minimum absolute atomic E-state index is 0.102. The van der Waals surface area contributed by atoms with Gasteiger partial charge in [-0.15, -0.1) is 0 Å². The lowest BCUT2D eigenvalue weighted by atomic mass is 10.1. The molecule has 0 unspecified atom stereocenters. The molecule has 0 radical (unpaired) electrons. The van der Waals surface area contributed by atoms with E-state index in [-0.39, 0.29) is 28.2 Å². The van der Waals surface area contributed by atoms with Crippen molar-refractivity contribution in [3.63, 3.8) is 0 Å². The Morgan fingerprint density at radius 2 is 1.44 bits per heavy atom. The first kappa shape index (κ1) is 25.0. The van der Waals surface area contributed by atoms with Crippen LogP contribution in [0.1, 0.15) is 19.4 Å². The maximum atomic E-state index is 13.8. The van der Waals surface area contributed by atoms with Crippen LogP contribution in [0.2, 0.25) is 10.0 Å². The van der Waals surface area contributed by atoms with Gasteiger partial charge in [-0.05, 0) is 67.4 Å². The molecule has 0 amide bonds. The minimum Gasteiger partial charge on any atom is -0.308 e. The molecule has 0 heterocycles. The molecule has 0 saturated carbocycles. The third-order valence-corrected chi connectivity index (χ3v) is 9.01. The SMILES string of the molecule is CCOP(=O)(CN(c1cc2ccccc2cc1C)S(=O)(=O)c1cc(Cl)cc(Cl)c1)OCC. The maximum Gasteiger partial charge on any atom is 0.350 e. The van der Waals surface area contributed by atoms with Gasteiger partial charge < -0.3 is 9.05 Å². The molecule has 0 bridgehead atoms. The molecule has 3 rings (SSSR count). The Hall–Kier alpha value is -1.60. The van der Waals surface area contributed by atoms with Gasteiger partial charge in [0.15, 0.2) is 0 Å². The van der Waals surface area contributed by atoms with E-state index in [1.165, 1.54) is 18.2 Å². The van der Waals surface area contributed by atoms with Crippen molar-refractivity contribution in [3.05, 3.63) is 70.2 Å². The zero-order valence-electron chi connectivity index (χ0n) is 17.9. The summed E-state index contributed by atoms with van der Waals surface area (Å²) in [4.78, 5) is -0.123. The van der Waals surface area contributed by atoms with Crippen LogP contribution in [0, 0.1) is 6.92 Å². The molecule has 0 N–H and O–H groups in total. The van der Waals surface area contributed by atoms with Crippen LogP contribution in [-0.4, -0.2) is 27.9 Å². The molecule has 3 aromatic carbocycles. The van der Waals surface area contributed by atoms with Crippen LogP contribution in [0.4, 0.5) is 5.69 Å². The molecular weight excluding hydrogens is 492 g/mol. The van der Waals surface area contributed by atoms with E-state index >= 15 is 0 Å². The van der Waals surface area contributed by atoms with Crippen molar-refractivity contribution in [3.8, 4) is 0 Å². The van der Waals surface area contributed by atoms with Crippen LogP contribution in [0.15, 0.2) is 59.5 Å². The van der Waals surface area contributed by atoms with E-state index in [9.17, 15) is 13.0 Å². The van der Waals surface area contributed by atoms with Gasteiger partial charge in [0.25, 0.3) is 10.0 Å². The van der Waals surface area contributed by atoms with Gasteiger partial charge in [0.2, 0.25) is 0 Å². The Balaban J connectivity index is 2.24. The molecule has 0 aliphatic carbocycles. The lowest BCUT2D eigenvalue weighted by Gasteiger charge is -2.29. The topological polar surface area (TPSA) is 72.9 Å². The van der Waals surface area contributed by atoms with Crippen LogP contribution >= 0.6 is 30.8 Å². The standard InChI is InChI=1S/C22H24Cl2NO5PS/c1-4-29-31(26,30-5-2)15-25(32(27,28)21-13-19(23)12-20(24)14-21)22-11-18-9-7-6-8-17(18)10-16(22)3/h6-14H,4-5,15H2,1-3H3. The second-order valence-corrected chi connectivity index (χ2v) is 11.8. The molecule has 0 aliphatic heterocycles. The highest BCUT2D eigenvalue weighted by Gasteiger charge is 2.36. The zero-order chi connectivity index (χ0) is 23.5. The molecule has 0 saturated heterocycles. The second-order valence-electron chi connectivity index (χ2n) is 7.03. The number of hydrogen-bond donors (Lipinski definition) is 0. The molecule has 6 nitrogen and oxygen atoms in total. The molecule has 0 fully saturated rings. The first-order valence-electron chi connectivity index (χ1n) is 9.96. The van der Waals surface area contributed by atoms with E-state index in [0.717, 1.165) is 15.1 Å². The number of benzene rings is 3. The summed E-state index contributed by atoms with van der Waals surface area (Å²) in [6.45, 7) is 5.34. The van der Waals surface area contributed by atoms with Crippen molar-refractivity contribution in [1.29, 1.82) is 0 Å². The van der Waals surface area contributed by atoms with E-state index in [4.69, 9.17) is 32.2 Å². The van der Waals surface area contributed by atoms with Crippen LogP contribution in [0.3, 0.4) is 0 Å². The Bertz CT molecular complexity index is 1250. The second kappa shape index (κ2) is 10.1. The number of anilines is 1. The highest BCUT2D eigenvalue weighted by atomic mass is 35.5. The predicted molar refractivity (Wildman–Crippen MR) is 131 cm³/mol. The number of rotatable bonds is 9. The van der Waals surface area contributed by atoms with E-state index < -0.39 is 23.9 Å². The van der Waals surface area contributed by atoms with Crippen LogP contribution in [0.5, 0.6) is 0 Å². The monoisotopic (exact) mass is 515 g/mol. The number of fused-ring (bicyclic) bond motifs is 1. The summed E-state index contributed by atoms with van der Waals surface area (Å²) in [5.41, 5.74) is 1.04. The van der Waals surface area contributed by atoms with Crippen molar-refractivity contribution in [2.24, 2.45) is 0 Å². The van der Waals surface area contributed by atoms with E-state index in [1.54, 1.807) is 26.8 Å². The van der Waals surface area contributed by atoms with Gasteiger partial charge >= 0.3 is 7.60 Å². The Labute approximate surface area is 198 Å². The Kier molecular flexibility index (Phi) is 7.92. The maximum absolute atomic E-state index is 13.8. The molecule has 172 valence electrons. The third kappa shape index (κ3) is 5.48. The average Bonchev–Trinajstić information content (AvgIpc) is 2.71. The van der Waals surface area contributed by atoms with Gasteiger partial charge in [-0.3, -0.25) is 8.87 Å². The van der Waals surface area contributed by atoms with Gasteiger partial charge in [-0.2, -0.15) is 0 Å². The van der Waals surface area contributed by atoms with Crippen molar-refractivity contribution < 1.29 is 22.0 Å². The molecule has 10 heteroatoms. The molecule has 32 heavy (non-hydrogen) atoms. The van der Waals surface area contributed by atoms with Gasteiger partial charge in [0.1, 0.15) is 6.29 Å². The third-order valence-electron chi connectivity index (χ3n) is 4.71. The summed E-state index contributed by atoms with van der Waals surface area (Å²) >= 11 is 12.2. The lowest BCUT2D eigenvalue weighted by molar-refractivity contribution is 0.221. The van der Waals surface area contributed by atoms with Crippen LogP contribution in [0.25, 0.3) is 10.8 Å². The first-order valence-corrected chi connectivity index (χ1v) is 13.9. The lowest BCUT2D eigenvalue weighted by Crippen LogP contribution is -2.33. The molecule has 0 spiro atoms. The van der Waals surface area contributed by atoms with E-state index in [2.05, 4.69) is 0 Å². The summed E-state index contributed by atoms with van der Waals surface area (Å²) in [5.74, 6) is 0. The van der Waals surface area contributed by atoms with Gasteiger partial charge in [-0.25, -0.2) is 8.42 Å². The number of hydrogen-bond acceptors (Lipinski definition) is 5. The van der Waals surface area contributed by atoms with Gasteiger partial charge in [-0.1, -0.05) is 47.5 Å². The largest absolute Gasteiger partial charge is 0.350 e. The zero-order valence-corrected chi connectivity index (χ0v) is 21.1. The molecule has 3 aromatic rings. The molecule has 0 aliphatic rings. The van der Waals surface area contributed by atoms with Crippen molar-refractivity contribution in [2.75, 3.05) is 23.8 Å². The Morgan fingerprint density at radius 3 is 1.97 bits per heavy atom. The molecule has 0 atom stereocenters. The summed E-state index contributed by atoms with van der Waals surface area (Å²) in [6.07, 6.45) is -0.500. The predicted octanol–water partition coefficient (Wildman–Crippen LogP) is 6.87. The van der Waals surface area contributed by atoms with Crippen molar-refractivity contribution in [2.45, 2.75) is 25.7 Å². The quantitative estimate of drug-likeness (QED) is 0.290. The smallest absolute Gasteiger partial charge is 0.308 e. The number of nitrogens with zero attached hydrogens (tertiary/aromatic N) is 1. The fraction of sp³-hybridized carbons (Fsp3) is 0.273.